The minimum Gasteiger partial charge on any atom is -0.497 e. The van der Waals surface area contributed by atoms with Crippen molar-refractivity contribution in [1.29, 1.82) is 0 Å². The lowest BCUT2D eigenvalue weighted by atomic mass is 9.87. The molecule has 1 aromatic carbocycles. The van der Waals surface area contributed by atoms with Crippen LogP contribution in [-0.4, -0.2) is 66.9 Å². The van der Waals surface area contributed by atoms with Gasteiger partial charge in [-0.25, -0.2) is 0 Å². The first-order chi connectivity index (χ1) is 16.1. The molecule has 1 N–H and O–H groups in total. The van der Waals surface area contributed by atoms with Gasteiger partial charge in [0.15, 0.2) is 0 Å². The molecule has 2 aliphatic heterocycles. The number of benzene rings is 1. The highest BCUT2D eigenvalue weighted by atomic mass is 32.1. The molecule has 176 valence electrons. The number of hydrogen-bond acceptors (Lipinski definition) is 5. The van der Waals surface area contributed by atoms with Crippen molar-refractivity contribution in [2.75, 3.05) is 33.3 Å². The molecule has 1 aromatic heterocycles. The number of ether oxygens (including phenoxy) is 1. The molecule has 3 amide bonds. The summed E-state index contributed by atoms with van der Waals surface area (Å²) in [5.74, 6) is 0.349. The van der Waals surface area contributed by atoms with Gasteiger partial charge in [-0.1, -0.05) is 12.1 Å². The maximum atomic E-state index is 13.5. The smallest absolute Gasteiger partial charge is 0.263 e. The van der Waals surface area contributed by atoms with E-state index in [9.17, 15) is 14.4 Å². The van der Waals surface area contributed by atoms with Crippen molar-refractivity contribution in [2.24, 2.45) is 5.92 Å². The SMILES string of the molecule is COc1cccc(C(=O)N[C@@H](C(=O)N2CCCCC2)C2CCN(C(=O)c3cccs3)CC2)c1. The Balaban J connectivity index is 1.47. The highest BCUT2D eigenvalue weighted by Gasteiger charge is 2.36. The fraction of sp³-hybridized carbons (Fsp3) is 0.480. The standard InChI is InChI=1S/C25H31N3O4S/c1-32-20-8-5-7-19(17-20)23(29)26-22(25(31)27-12-3-2-4-13-27)18-10-14-28(15-11-18)24(30)21-9-6-16-33-21/h5-9,16-18,22H,2-4,10-15H2,1H3,(H,26,29)/t22-/m1/s1. The largest absolute Gasteiger partial charge is 0.497 e. The zero-order valence-corrected chi connectivity index (χ0v) is 19.8. The summed E-state index contributed by atoms with van der Waals surface area (Å²) in [6.45, 7) is 2.64. The quantitative estimate of drug-likeness (QED) is 0.703. The van der Waals surface area contributed by atoms with Gasteiger partial charge < -0.3 is 19.9 Å². The highest BCUT2D eigenvalue weighted by molar-refractivity contribution is 7.12. The summed E-state index contributed by atoms with van der Waals surface area (Å²) < 4.78 is 5.24. The van der Waals surface area contributed by atoms with Gasteiger partial charge in [0.25, 0.3) is 11.8 Å². The molecule has 33 heavy (non-hydrogen) atoms. The van der Waals surface area contributed by atoms with Gasteiger partial charge in [-0.3, -0.25) is 14.4 Å². The number of amides is 3. The summed E-state index contributed by atoms with van der Waals surface area (Å²) >= 11 is 1.45. The van der Waals surface area contributed by atoms with Gasteiger partial charge in [0.05, 0.1) is 12.0 Å². The summed E-state index contributed by atoms with van der Waals surface area (Å²) in [5.41, 5.74) is 0.469. The van der Waals surface area contributed by atoms with Gasteiger partial charge in [0.2, 0.25) is 5.91 Å². The average molecular weight is 470 g/mol. The number of methoxy groups -OCH3 is 1. The fourth-order valence-corrected chi connectivity index (χ4v) is 5.36. The summed E-state index contributed by atoms with van der Waals surface area (Å²) in [6, 6.07) is 10.1. The molecule has 0 radical (unpaired) electrons. The second-order valence-corrected chi connectivity index (χ2v) is 9.62. The minimum atomic E-state index is -0.596. The van der Waals surface area contributed by atoms with E-state index in [0.29, 0.717) is 37.2 Å². The van der Waals surface area contributed by atoms with Gasteiger partial charge in [0, 0.05) is 31.7 Å². The van der Waals surface area contributed by atoms with Gasteiger partial charge >= 0.3 is 0 Å². The lowest BCUT2D eigenvalue weighted by Gasteiger charge is -2.38. The first-order valence-electron chi connectivity index (χ1n) is 11.6. The number of likely N-dealkylation sites (tertiary alicyclic amines) is 2. The van der Waals surface area contributed by atoms with Crippen LogP contribution in [0.3, 0.4) is 0 Å². The summed E-state index contributed by atoms with van der Waals surface area (Å²) in [7, 11) is 1.56. The van der Waals surface area contributed by atoms with Crippen molar-refractivity contribution < 1.29 is 19.1 Å². The number of nitrogens with zero attached hydrogens (tertiary/aromatic N) is 2. The maximum Gasteiger partial charge on any atom is 0.263 e. The first-order valence-corrected chi connectivity index (χ1v) is 12.5. The second-order valence-electron chi connectivity index (χ2n) is 8.68. The normalized spacial score (nSPS) is 18.0. The molecule has 2 aromatic rings. The topological polar surface area (TPSA) is 79.0 Å². The van der Waals surface area contributed by atoms with Gasteiger partial charge in [-0.15, -0.1) is 11.3 Å². The van der Waals surface area contributed by atoms with E-state index in [1.165, 1.54) is 11.3 Å². The lowest BCUT2D eigenvalue weighted by molar-refractivity contribution is -0.136. The first kappa shape index (κ1) is 23.3. The predicted octanol–water partition coefficient (Wildman–Crippen LogP) is 3.42. The molecule has 2 saturated heterocycles. The van der Waals surface area contributed by atoms with Crippen LogP contribution in [0.5, 0.6) is 5.75 Å². The molecule has 0 saturated carbocycles. The van der Waals surface area contributed by atoms with Crippen molar-refractivity contribution in [3.8, 4) is 5.75 Å². The van der Waals surface area contributed by atoms with Gasteiger partial charge in [-0.2, -0.15) is 0 Å². The van der Waals surface area contributed by atoms with E-state index in [1.807, 2.05) is 27.3 Å². The Morgan fingerprint density at radius 3 is 2.42 bits per heavy atom. The lowest BCUT2D eigenvalue weighted by Crippen LogP contribution is -2.55. The number of nitrogens with one attached hydrogen (secondary N) is 1. The van der Waals surface area contributed by atoms with E-state index in [-0.39, 0.29) is 23.6 Å². The third kappa shape index (κ3) is 5.55. The molecule has 7 nitrogen and oxygen atoms in total. The minimum absolute atomic E-state index is 0.00557. The molecule has 0 spiro atoms. The van der Waals surface area contributed by atoms with Crippen LogP contribution >= 0.6 is 11.3 Å². The van der Waals surface area contributed by atoms with Gasteiger partial charge in [0.1, 0.15) is 11.8 Å². The molecule has 1 atom stereocenters. The summed E-state index contributed by atoms with van der Waals surface area (Å²) in [6.07, 6.45) is 4.49. The number of carbonyl (C=O) groups is 3. The molecule has 3 heterocycles. The molecule has 8 heteroatoms. The second kappa shape index (κ2) is 10.8. The average Bonchev–Trinajstić information content (AvgIpc) is 3.42. The fourth-order valence-electron chi connectivity index (χ4n) is 4.67. The monoisotopic (exact) mass is 469 g/mol. The molecular weight excluding hydrogens is 438 g/mol. The van der Waals surface area contributed by atoms with E-state index in [1.54, 1.807) is 31.4 Å². The zero-order chi connectivity index (χ0) is 23.2. The number of thiophene rings is 1. The Morgan fingerprint density at radius 2 is 1.76 bits per heavy atom. The van der Waals surface area contributed by atoms with Crippen LogP contribution in [0.2, 0.25) is 0 Å². The molecule has 0 bridgehead atoms. The summed E-state index contributed by atoms with van der Waals surface area (Å²) in [4.78, 5) is 43.8. The summed E-state index contributed by atoms with van der Waals surface area (Å²) in [5, 5.41) is 4.94. The Morgan fingerprint density at radius 1 is 1.00 bits per heavy atom. The van der Waals surface area contributed by atoms with Crippen molar-refractivity contribution in [3.05, 3.63) is 52.2 Å². The molecule has 2 aliphatic rings. The van der Waals surface area contributed by atoms with Crippen molar-refractivity contribution >= 4 is 29.1 Å². The van der Waals surface area contributed by atoms with Crippen LogP contribution in [0.1, 0.15) is 52.1 Å². The van der Waals surface area contributed by atoms with E-state index in [2.05, 4.69) is 5.32 Å². The van der Waals surface area contributed by atoms with E-state index < -0.39 is 6.04 Å². The van der Waals surface area contributed by atoms with Crippen LogP contribution in [0.25, 0.3) is 0 Å². The van der Waals surface area contributed by atoms with E-state index in [4.69, 9.17) is 4.74 Å². The van der Waals surface area contributed by atoms with E-state index >= 15 is 0 Å². The van der Waals surface area contributed by atoms with Crippen LogP contribution in [-0.2, 0) is 4.79 Å². The highest BCUT2D eigenvalue weighted by Crippen LogP contribution is 2.26. The molecule has 0 unspecified atom stereocenters. The number of rotatable bonds is 6. The van der Waals surface area contributed by atoms with Crippen molar-refractivity contribution in [1.82, 2.24) is 15.1 Å². The van der Waals surface area contributed by atoms with Crippen LogP contribution < -0.4 is 10.1 Å². The molecule has 0 aliphatic carbocycles. The van der Waals surface area contributed by atoms with Crippen LogP contribution in [0.15, 0.2) is 41.8 Å². The third-order valence-corrected chi connectivity index (χ3v) is 7.44. The zero-order valence-electron chi connectivity index (χ0n) is 19.0. The number of piperidine rings is 2. The Labute approximate surface area is 198 Å². The molecule has 4 rings (SSSR count). The van der Waals surface area contributed by atoms with Gasteiger partial charge in [-0.05, 0) is 67.7 Å². The Kier molecular flexibility index (Phi) is 7.65. The molecule has 2 fully saturated rings. The third-order valence-electron chi connectivity index (χ3n) is 6.58. The van der Waals surface area contributed by atoms with Crippen molar-refractivity contribution in [3.63, 3.8) is 0 Å². The van der Waals surface area contributed by atoms with Crippen LogP contribution in [0, 0.1) is 5.92 Å². The maximum absolute atomic E-state index is 13.5. The van der Waals surface area contributed by atoms with Crippen LogP contribution in [0.4, 0.5) is 0 Å². The Hall–Kier alpha value is -2.87. The molecular formula is C25H31N3O4S. The van der Waals surface area contributed by atoms with Crippen molar-refractivity contribution in [2.45, 2.75) is 38.1 Å². The predicted molar refractivity (Wildman–Crippen MR) is 128 cm³/mol. The Bertz CT molecular complexity index is 964. The van der Waals surface area contributed by atoms with E-state index in [0.717, 1.165) is 37.2 Å². The number of carbonyl (C=O) groups excluding carboxylic acids is 3. The number of hydrogen-bond donors (Lipinski definition) is 1.